The molecular formula is C39H29FN2. The number of halogens is 1. The molecule has 0 saturated heterocycles. The Morgan fingerprint density at radius 2 is 1.14 bits per heavy atom. The molecule has 0 aliphatic heterocycles. The lowest BCUT2D eigenvalue weighted by Crippen LogP contribution is -2.16. The summed E-state index contributed by atoms with van der Waals surface area (Å²) in [6.45, 7) is 4.60. The molecule has 0 amide bonds. The highest BCUT2D eigenvalue weighted by Crippen LogP contribution is 2.50. The van der Waals surface area contributed by atoms with E-state index in [-0.39, 0.29) is 11.2 Å². The van der Waals surface area contributed by atoms with Gasteiger partial charge in [-0.25, -0.2) is 4.39 Å². The van der Waals surface area contributed by atoms with Crippen molar-refractivity contribution in [3.8, 4) is 16.8 Å². The maximum Gasteiger partial charge on any atom is 0.123 e. The minimum atomic E-state index is -0.245. The zero-order valence-corrected chi connectivity index (χ0v) is 23.6. The van der Waals surface area contributed by atoms with E-state index in [2.05, 4.69) is 133 Å². The lowest BCUT2D eigenvalue weighted by molar-refractivity contribution is 0.628. The standard InChI is InChI=1S/C39H29FN2/c1-39(2)35-14-8-6-12-31(35)32-22-20-30(25-36(32)39)41(28-18-16-26(40)17-19-28)29-21-23-38-34(24-29)33-13-7-9-15-37(33)42(38)27-10-4-3-5-11-27/h3-25H,1-2H3. The van der Waals surface area contributed by atoms with Gasteiger partial charge in [0.05, 0.1) is 11.0 Å². The molecule has 42 heavy (non-hydrogen) atoms. The maximum atomic E-state index is 14.1. The fourth-order valence-corrected chi connectivity index (χ4v) is 6.82. The lowest BCUT2D eigenvalue weighted by atomic mass is 9.82. The molecule has 0 radical (unpaired) electrons. The van der Waals surface area contributed by atoms with Crippen molar-refractivity contribution >= 4 is 38.9 Å². The summed E-state index contributed by atoms with van der Waals surface area (Å²) in [5.74, 6) is -0.245. The predicted molar refractivity (Wildman–Crippen MR) is 173 cm³/mol. The number of fused-ring (bicyclic) bond motifs is 6. The van der Waals surface area contributed by atoms with E-state index >= 15 is 0 Å². The van der Waals surface area contributed by atoms with Gasteiger partial charge in [0, 0.05) is 38.9 Å². The van der Waals surface area contributed by atoms with Gasteiger partial charge >= 0.3 is 0 Å². The van der Waals surface area contributed by atoms with Crippen LogP contribution < -0.4 is 4.90 Å². The van der Waals surface area contributed by atoms with Gasteiger partial charge in [0.2, 0.25) is 0 Å². The molecule has 0 fully saturated rings. The summed E-state index contributed by atoms with van der Waals surface area (Å²) in [6, 6.07) is 48.0. The van der Waals surface area contributed by atoms with Gasteiger partial charge in [0.1, 0.15) is 5.82 Å². The van der Waals surface area contributed by atoms with Crippen LogP contribution in [0.4, 0.5) is 21.5 Å². The van der Waals surface area contributed by atoms with Gasteiger partial charge in [-0.2, -0.15) is 0 Å². The average Bonchev–Trinajstić information content (AvgIpc) is 3.47. The van der Waals surface area contributed by atoms with Crippen molar-refractivity contribution in [2.45, 2.75) is 19.3 Å². The summed E-state index contributed by atoms with van der Waals surface area (Å²) in [5.41, 5.74) is 11.5. The molecule has 3 heteroatoms. The summed E-state index contributed by atoms with van der Waals surface area (Å²) in [5, 5.41) is 2.37. The highest BCUT2D eigenvalue weighted by molar-refractivity contribution is 6.10. The van der Waals surface area contributed by atoms with Crippen LogP contribution in [0.1, 0.15) is 25.0 Å². The van der Waals surface area contributed by atoms with Crippen molar-refractivity contribution < 1.29 is 4.39 Å². The minimum Gasteiger partial charge on any atom is -0.310 e. The van der Waals surface area contributed by atoms with E-state index in [1.165, 1.54) is 50.7 Å². The lowest BCUT2D eigenvalue weighted by Gasteiger charge is -2.28. The first-order valence-electron chi connectivity index (χ1n) is 14.4. The normalized spacial score (nSPS) is 13.3. The SMILES string of the molecule is CC1(C)c2ccccc2-c2ccc(N(c3ccc(F)cc3)c3ccc4c(c3)c3ccccc3n4-c3ccccc3)cc21. The van der Waals surface area contributed by atoms with Crippen molar-refractivity contribution in [2.75, 3.05) is 4.90 Å². The minimum absolute atomic E-state index is 0.122. The maximum absolute atomic E-state index is 14.1. The van der Waals surface area contributed by atoms with Crippen molar-refractivity contribution in [3.05, 3.63) is 156 Å². The number of hydrogen-bond acceptors (Lipinski definition) is 1. The van der Waals surface area contributed by atoms with Crippen LogP contribution in [-0.4, -0.2) is 4.57 Å². The number of aromatic nitrogens is 1. The van der Waals surface area contributed by atoms with E-state index in [4.69, 9.17) is 0 Å². The number of para-hydroxylation sites is 2. The monoisotopic (exact) mass is 544 g/mol. The molecule has 2 nitrogen and oxygen atoms in total. The Bertz CT molecular complexity index is 2120. The highest BCUT2D eigenvalue weighted by Gasteiger charge is 2.35. The molecule has 1 heterocycles. The van der Waals surface area contributed by atoms with Gasteiger partial charge < -0.3 is 9.47 Å². The first-order valence-corrected chi connectivity index (χ1v) is 14.4. The van der Waals surface area contributed by atoms with E-state index < -0.39 is 0 Å². The topological polar surface area (TPSA) is 8.17 Å². The van der Waals surface area contributed by atoms with Crippen LogP contribution >= 0.6 is 0 Å². The highest BCUT2D eigenvalue weighted by atomic mass is 19.1. The Morgan fingerprint density at radius 1 is 0.524 bits per heavy atom. The molecule has 8 rings (SSSR count). The zero-order chi connectivity index (χ0) is 28.4. The first kappa shape index (κ1) is 24.6. The summed E-state index contributed by atoms with van der Waals surface area (Å²) >= 11 is 0. The molecule has 0 saturated carbocycles. The quantitative estimate of drug-likeness (QED) is 0.214. The van der Waals surface area contributed by atoms with E-state index in [0.29, 0.717) is 0 Å². The van der Waals surface area contributed by atoms with Crippen molar-refractivity contribution in [1.82, 2.24) is 4.57 Å². The Morgan fingerprint density at radius 3 is 1.98 bits per heavy atom. The molecule has 0 unspecified atom stereocenters. The first-order chi connectivity index (χ1) is 20.5. The number of anilines is 3. The van der Waals surface area contributed by atoms with Crippen molar-refractivity contribution in [2.24, 2.45) is 0 Å². The van der Waals surface area contributed by atoms with Gasteiger partial charge in [-0.3, -0.25) is 0 Å². The number of rotatable bonds is 4. The van der Waals surface area contributed by atoms with Crippen LogP contribution in [0.15, 0.2) is 140 Å². The Balaban J connectivity index is 1.35. The largest absolute Gasteiger partial charge is 0.310 e. The molecule has 0 atom stereocenters. The number of nitrogens with zero attached hydrogens (tertiary/aromatic N) is 2. The Kier molecular flexibility index (Phi) is 5.39. The zero-order valence-electron chi connectivity index (χ0n) is 23.6. The molecule has 0 bridgehead atoms. The third-order valence-electron chi connectivity index (χ3n) is 8.84. The summed E-state index contributed by atoms with van der Waals surface area (Å²) in [7, 11) is 0. The summed E-state index contributed by atoms with van der Waals surface area (Å²) in [6.07, 6.45) is 0. The second-order valence-corrected chi connectivity index (χ2v) is 11.6. The van der Waals surface area contributed by atoms with Crippen LogP contribution in [0.25, 0.3) is 38.6 Å². The van der Waals surface area contributed by atoms with Gasteiger partial charge in [-0.05, 0) is 95.1 Å². The molecule has 202 valence electrons. The summed E-state index contributed by atoms with van der Waals surface area (Å²) < 4.78 is 16.4. The van der Waals surface area contributed by atoms with Crippen LogP contribution in [0.2, 0.25) is 0 Å². The van der Waals surface area contributed by atoms with Crippen molar-refractivity contribution in [1.29, 1.82) is 0 Å². The molecule has 6 aromatic carbocycles. The third kappa shape index (κ3) is 3.63. The molecule has 1 aromatic heterocycles. The van der Waals surface area contributed by atoms with Crippen LogP contribution in [0, 0.1) is 5.82 Å². The van der Waals surface area contributed by atoms with Crippen LogP contribution in [0.5, 0.6) is 0 Å². The van der Waals surface area contributed by atoms with Gasteiger partial charge in [-0.1, -0.05) is 80.6 Å². The second kappa shape index (κ2) is 9.19. The van der Waals surface area contributed by atoms with Crippen LogP contribution in [-0.2, 0) is 5.41 Å². The fourth-order valence-electron chi connectivity index (χ4n) is 6.82. The average molecular weight is 545 g/mol. The predicted octanol–water partition coefficient (Wildman–Crippen LogP) is 10.7. The molecule has 7 aromatic rings. The smallest absolute Gasteiger partial charge is 0.123 e. The Hall–Kier alpha value is -5.15. The van der Waals surface area contributed by atoms with Gasteiger partial charge in [0.25, 0.3) is 0 Å². The molecule has 1 aliphatic carbocycles. The molecule has 0 spiro atoms. The fraction of sp³-hybridized carbons (Fsp3) is 0.0769. The van der Waals surface area contributed by atoms with Gasteiger partial charge in [-0.15, -0.1) is 0 Å². The molecular weight excluding hydrogens is 515 g/mol. The van der Waals surface area contributed by atoms with E-state index in [0.717, 1.165) is 28.3 Å². The number of benzene rings is 6. The second-order valence-electron chi connectivity index (χ2n) is 11.6. The van der Waals surface area contributed by atoms with Crippen LogP contribution in [0.3, 0.4) is 0 Å². The van der Waals surface area contributed by atoms with Crippen molar-refractivity contribution in [3.63, 3.8) is 0 Å². The number of hydrogen-bond donors (Lipinski definition) is 0. The summed E-state index contributed by atoms with van der Waals surface area (Å²) in [4.78, 5) is 2.24. The Labute approximate surface area is 244 Å². The van der Waals surface area contributed by atoms with Gasteiger partial charge in [0.15, 0.2) is 0 Å². The third-order valence-corrected chi connectivity index (χ3v) is 8.84. The van der Waals surface area contributed by atoms with E-state index in [1.807, 2.05) is 18.2 Å². The molecule has 0 N–H and O–H groups in total. The molecule has 1 aliphatic rings. The van der Waals surface area contributed by atoms with E-state index in [9.17, 15) is 4.39 Å². The van der Waals surface area contributed by atoms with E-state index in [1.54, 1.807) is 0 Å².